The van der Waals surface area contributed by atoms with Crippen molar-refractivity contribution < 1.29 is 0 Å². The Balaban J connectivity index is 4.19. The van der Waals surface area contributed by atoms with E-state index in [1.807, 2.05) is 0 Å². The number of hydrogen-bond acceptors (Lipinski definition) is 2. The van der Waals surface area contributed by atoms with Crippen LogP contribution in [0.25, 0.3) is 0 Å². The first-order valence-corrected chi connectivity index (χ1v) is 5.94. The highest BCUT2D eigenvalue weighted by molar-refractivity contribution is 8.14. The van der Waals surface area contributed by atoms with Crippen molar-refractivity contribution in [2.75, 3.05) is 5.75 Å². The van der Waals surface area contributed by atoms with Crippen molar-refractivity contribution in [3.63, 3.8) is 0 Å². The fourth-order valence-corrected chi connectivity index (χ4v) is 1.77. The first-order valence-electron chi connectivity index (χ1n) is 4.95. The van der Waals surface area contributed by atoms with Gasteiger partial charge in [-0.15, -0.1) is 11.8 Å². The third-order valence-corrected chi connectivity index (χ3v) is 3.37. The van der Waals surface area contributed by atoms with Crippen LogP contribution >= 0.6 is 11.8 Å². The molecule has 1 nitrogen and oxygen atoms in total. The van der Waals surface area contributed by atoms with E-state index in [1.54, 1.807) is 11.8 Å². The van der Waals surface area contributed by atoms with Crippen molar-refractivity contribution in [3.8, 4) is 0 Å². The van der Waals surface area contributed by atoms with Gasteiger partial charge in [0.15, 0.2) is 0 Å². The molecule has 0 fully saturated rings. The first kappa shape index (κ1) is 13.8. The molecule has 0 atom stereocenters. The lowest BCUT2D eigenvalue weighted by atomic mass is 9.88. The van der Waals surface area contributed by atoms with E-state index in [0.29, 0.717) is 5.04 Å². The molecule has 0 saturated heterocycles. The second-order valence-corrected chi connectivity index (χ2v) is 6.89. The maximum Gasteiger partial charge on any atom is 0.0901 e. The number of hydrogen-bond donors (Lipinski definition) is 1. The van der Waals surface area contributed by atoms with Crippen LogP contribution in [0.1, 0.15) is 41.5 Å². The zero-order valence-electron chi connectivity index (χ0n) is 10.3. The monoisotopic (exact) mass is 213 g/mol. The predicted molar refractivity (Wildman–Crippen MR) is 68.2 cm³/mol. The summed E-state index contributed by atoms with van der Waals surface area (Å²) in [5.41, 5.74) is 1.23. The van der Waals surface area contributed by atoms with Gasteiger partial charge in [-0.2, -0.15) is 0 Å². The smallest absolute Gasteiger partial charge is 0.0901 e. The van der Waals surface area contributed by atoms with E-state index in [4.69, 9.17) is 5.41 Å². The quantitative estimate of drug-likeness (QED) is 0.535. The van der Waals surface area contributed by atoms with Gasteiger partial charge in [-0.3, -0.25) is 5.41 Å². The lowest BCUT2D eigenvalue weighted by Gasteiger charge is -2.24. The summed E-state index contributed by atoms with van der Waals surface area (Å²) < 4.78 is 0. The Morgan fingerprint density at radius 3 is 1.86 bits per heavy atom. The second kappa shape index (κ2) is 4.52. The molecule has 0 aliphatic carbocycles. The minimum Gasteiger partial charge on any atom is -0.294 e. The van der Waals surface area contributed by atoms with Crippen LogP contribution in [0, 0.1) is 16.2 Å². The number of rotatable bonds is 2. The molecule has 0 aromatic heterocycles. The standard InChI is InChI=1S/C12H23NS/c1-9(12(5,6)7)10(13)14-8-11(2,3)4/h13H,1,8H2,2-7H3. The molecule has 0 aromatic rings. The van der Waals surface area contributed by atoms with Crippen LogP contribution < -0.4 is 0 Å². The van der Waals surface area contributed by atoms with Crippen molar-refractivity contribution in [2.24, 2.45) is 10.8 Å². The SMILES string of the molecule is C=C(C(=N)SCC(C)(C)C)C(C)(C)C. The first-order chi connectivity index (χ1) is 6.04. The van der Waals surface area contributed by atoms with E-state index in [2.05, 4.69) is 48.1 Å². The van der Waals surface area contributed by atoms with Crippen molar-refractivity contribution >= 4 is 16.8 Å². The van der Waals surface area contributed by atoms with Gasteiger partial charge in [0.1, 0.15) is 0 Å². The molecule has 0 rings (SSSR count). The molecule has 2 heteroatoms. The molecule has 0 bridgehead atoms. The van der Waals surface area contributed by atoms with Gasteiger partial charge in [-0.05, 0) is 16.4 Å². The minimum absolute atomic E-state index is 0.0158. The molecule has 0 aliphatic heterocycles. The Kier molecular flexibility index (Phi) is 4.44. The second-order valence-electron chi connectivity index (χ2n) is 5.91. The van der Waals surface area contributed by atoms with Gasteiger partial charge in [0.05, 0.1) is 5.04 Å². The minimum atomic E-state index is 0.0158. The topological polar surface area (TPSA) is 23.9 Å². The molecular formula is C12H23NS. The van der Waals surface area contributed by atoms with Crippen LogP contribution in [0.4, 0.5) is 0 Å². The summed E-state index contributed by atoms with van der Waals surface area (Å²) in [5.74, 6) is 0.973. The van der Waals surface area contributed by atoms with E-state index in [0.717, 1.165) is 11.3 Å². The molecule has 0 heterocycles. The van der Waals surface area contributed by atoms with Crippen molar-refractivity contribution in [1.82, 2.24) is 0 Å². The van der Waals surface area contributed by atoms with E-state index < -0.39 is 0 Å². The Labute approximate surface area is 92.9 Å². The molecule has 0 amide bonds. The zero-order valence-corrected chi connectivity index (χ0v) is 11.1. The maximum absolute atomic E-state index is 7.89. The van der Waals surface area contributed by atoms with Crippen LogP contribution in [0.2, 0.25) is 0 Å². The normalized spacial score (nSPS) is 12.7. The average Bonchev–Trinajstić information content (AvgIpc) is 1.95. The Hall–Kier alpha value is -0.240. The Bertz CT molecular complexity index is 228. The van der Waals surface area contributed by atoms with Gasteiger partial charge >= 0.3 is 0 Å². The maximum atomic E-state index is 7.89. The van der Waals surface area contributed by atoms with Gasteiger partial charge in [0, 0.05) is 5.75 Å². The molecule has 14 heavy (non-hydrogen) atoms. The summed E-state index contributed by atoms with van der Waals surface area (Å²) in [6.45, 7) is 16.8. The van der Waals surface area contributed by atoms with Gasteiger partial charge in [-0.25, -0.2) is 0 Å². The molecule has 0 spiro atoms. The highest BCUT2D eigenvalue weighted by Crippen LogP contribution is 2.30. The summed E-state index contributed by atoms with van der Waals surface area (Å²) in [5, 5.41) is 8.53. The third kappa shape index (κ3) is 5.48. The summed E-state index contributed by atoms with van der Waals surface area (Å²) in [7, 11) is 0. The number of thioether (sulfide) groups is 1. The van der Waals surface area contributed by atoms with Gasteiger partial charge in [0.2, 0.25) is 0 Å². The van der Waals surface area contributed by atoms with Gasteiger partial charge in [-0.1, -0.05) is 48.1 Å². The van der Waals surface area contributed by atoms with Crippen LogP contribution in [-0.4, -0.2) is 10.8 Å². The molecule has 0 aromatic carbocycles. The highest BCUT2D eigenvalue weighted by atomic mass is 32.2. The van der Waals surface area contributed by atoms with Crippen LogP contribution in [0.3, 0.4) is 0 Å². The average molecular weight is 213 g/mol. The molecule has 0 aliphatic rings. The molecule has 82 valence electrons. The van der Waals surface area contributed by atoms with Crippen molar-refractivity contribution in [3.05, 3.63) is 12.2 Å². The molecule has 1 N–H and O–H groups in total. The Morgan fingerprint density at radius 2 is 1.57 bits per heavy atom. The summed E-state index contributed by atoms with van der Waals surface area (Å²) >= 11 is 1.60. The van der Waals surface area contributed by atoms with Gasteiger partial charge < -0.3 is 0 Å². The number of nitrogens with one attached hydrogen (secondary N) is 1. The van der Waals surface area contributed by atoms with E-state index in [-0.39, 0.29) is 10.8 Å². The van der Waals surface area contributed by atoms with Crippen LogP contribution in [0.15, 0.2) is 12.2 Å². The molecule has 0 saturated carbocycles. The van der Waals surface area contributed by atoms with Crippen molar-refractivity contribution in [1.29, 1.82) is 5.41 Å². The lowest BCUT2D eigenvalue weighted by molar-refractivity contribution is 0.481. The molecular weight excluding hydrogens is 190 g/mol. The summed E-state index contributed by atoms with van der Waals surface area (Å²) in [6.07, 6.45) is 0. The molecule has 0 unspecified atom stereocenters. The Morgan fingerprint density at radius 1 is 1.14 bits per heavy atom. The fourth-order valence-electron chi connectivity index (χ4n) is 0.716. The highest BCUT2D eigenvalue weighted by Gasteiger charge is 2.20. The zero-order chi connectivity index (χ0) is 11.6. The summed E-state index contributed by atoms with van der Waals surface area (Å²) in [6, 6.07) is 0. The van der Waals surface area contributed by atoms with Crippen molar-refractivity contribution in [2.45, 2.75) is 41.5 Å². The largest absolute Gasteiger partial charge is 0.294 e. The summed E-state index contributed by atoms with van der Waals surface area (Å²) in [4.78, 5) is 0. The van der Waals surface area contributed by atoms with E-state index >= 15 is 0 Å². The van der Waals surface area contributed by atoms with E-state index in [9.17, 15) is 0 Å². The lowest BCUT2D eigenvalue weighted by Crippen LogP contribution is -2.17. The molecule has 0 radical (unpaired) electrons. The van der Waals surface area contributed by atoms with E-state index in [1.165, 1.54) is 0 Å². The van der Waals surface area contributed by atoms with Crippen LogP contribution in [-0.2, 0) is 0 Å². The third-order valence-electron chi connectivity index (χ3n) is 1.83. The fraction of sp³-hybridized carbons (Fsp3) is 0.750. The van der Waals surface area contributed by atoms with Crippen LogP contribution in [0.5, 0.6) is 0 Å². The predicted octanol–water partition coefficient (Wildman–Crippen LogP) is 4.35. The van der Waals surface area contributed by atoms with Gasteiger partial charge in [0.25, 0.3) is 0 Å².